The number of carbonyl (C=O) groups is 1. The van der Waals surface area contributed by atoms with E-state index >= 15 is 0 Å². The summed E-state index contributed by atoms with van der Waals surface area (Å²) >= 11 is 0. The van der Waals surface area contributed by atoms with E-state index in [9.17, 15) is 14.0 Å². The summed E-state index contributed by atoms with van der Waals surface area (Å²) in [5, 5.41) is 10.8. The fourth-order valence-corrected chi connectivity index (χ4v) is 4.63. The topological polar surface area (TPSA) is 87.3 Å². The molecule has 4 aromatic rings. The number of aromatic amines is 1. The molecular formula is C28H27FN4O3. The molecule has 5 rings (SSSR count). The molecule has 2 N–H and O–H groups in total. The third-order valence-corrected chi connectivity index (χ3v) is 6.57. The van der Waals surface area contributed by atoms with Gasteiger partial charge in [0, 0.05) is 42.7 Å². The highest BCUT2D eigenvalue weighted by atomic mass is 19.1. The molecule has 184 valence electrons. The van der Waals surface area contributed by atoms with Crippen molar-refractivity contribution in [2.24, 2.45) is 0 Å². The first-order chi connectivity index (χ1) is 17.5. The van der Waals surface area contributed by atoms with E-state index in [0.29, 0.717) is 48.2 Å². The molecule has 2 atom stereocenters. The van der Waals surface area contributed by atoms with Crippen molar-refractivity contribution in [1.29, 1.82) is 0 Å². The van der Waals surface area contributed by atoms with Crippen LogP contribution in [-0.2, 0) is 11.3 Å². The summed E-state index contributed by atoms with van der Waals surface area (Å²) in [5.41, 5.74) is 1.77. The maximum Gasteiger partial charge on any atom is 0.272 e. The molecule has 8 heteroatoms. The second-order valence-electron chi connectivity index (χ2n) is 8.97. The molecule has 1 aromatic heterocycles. The van der Waals surface area contributed by atoms with Crippen LogP contribution in [0.25, 0.3) is 10.8 Å². The lowest BCUT2D eigenvalue weighted by molar-refractivity contribution is -0.122. The summed E-state index contributed by atoms with van der Waals surface area (Å²) in [5.74, 6) is -0.297. The maximum atomic E-state index is 14.6. The number of benzene rings is 3. The van der Waals surface area contributed by atoms with Gasteiger partial charge < -0.3 is 10.1 Å². The molecule has 0 saturated heterocycles. The van der Waals surface area contributed by atoms with Crippen LogP contribution in [0, 0.1) is 5.82 Å². The minimum atomic E-state index is -0.550. The van der Waals surface area contributed by atoms with Gasteiger partial charge in [-0.05, 0) is 25.1 Å². The monoisotopic (exact) mass is 486 g/mol. The number of para-hydroxylation sites is 1. The van der Waals surface area contributed by atoms with Gasteiger partial charge in [0.15, 0.2) is 0 Å². The molecule has 0 spiro atoms. The summed E-state index contributed by atoms with van der Waals surface area (Å²) in [7, 11) is 0. The smallest absolute Gasteiger partial charge is 0.272 e. The van der Waals surface area contributed by atoms with Crippen LogP contribution in [0.3, 0.4) is 0 Å². The summed E-state index contributed by atoms with van der Waals surface area (Å²) in [6.45, 7) is 3.83. The van der Waals surface area contributed by atoms with Crippen molar-refractivity contribution in [3.05, 3.63) is 106 Å². The van der Waals surface area contributed by atoms with Gasteiger partial charge in [-0.1, -0.05) is 54.6 Å². The van der Waals surface area contributed by atoms with Crippen LogP contribution in [0.1, 0.15) is 35.8 Å². The average molecular weight is 487 g/mol. The maximum absolute atomic E-state index is 14.6. The van der Waals surface area contributed by atoms with Gasteiger partial charge in [-0.2, -0.15) is 5.10 Å². The standard InChI is InChI=1S/C28H27FN4O3/c1-18(26-20-9-3-4-10-21(20)28(35)32-31-26)27(34)30-14-15-33-16-19-8-2-7-13-24(19)36-25(17-33)22-11-5-6-12-23(22)29/h2-13,18,25H,14-17H2,1H3,(H,30,34)(H,32,35)/t18-,25+/m1/s1. The minimum absolute atomic E-state index is 0.183. The number of hydrogen-bond donors (Lipinski definition) is 2. The van der Waals surface area contributed by atoms with Crippen LogP contribution in [0.2, 0.25) is 0 Å². The van der Waals surface area contributed by atoms with E-state index in [0.717, 1.165) is 11.3 Å². The Balaban J connectivity index is 1.29. The van der Waals surface area contributed by atoms with Gasteiger partial charge >= 0.3 is 0 Å². The summed E-state index contributed by atoms with van der Waals surface area (Å²) in [4.78, 5) is 27.2. The highest BCUT2D eigenvalue weighted by molar-refractivity contribution is 5.90. The van der Waals surface area contributed by atoms with Crippen LogP contribution < -0.4 is 15.6 Å². The van der Waals surface area contributed by atoms with Gasteiger partial charge in [0.25, 0.3) is 5.56 Å². The number of amides is 1. The number of H-pyrrole nitrogens is 1. The zero-order chi connectivity index (χ0) is 25.1. The number of fused-ring (bicyclic) bond motifs is 2. The molecule has 7 nitrogen and oxygen atoms in total. The summed E-state index contributed by atoms with van der Waals surface area (Å²) < 4.78 is 20.8. The zero-order valence-corrected chi connectivity index (χ0v) is 19.9. The highest BCUT2D eigenvalue weighted by Gasteiger charge is 2.26. The fourth-order valence-electron chi connectivity index (χ4n) is 4.63. The van der Waals surface area contributed by atoms with E-state index in [-0.39, 0.29) is 17.3 Å². The fraction of sp³-hybridized carbons (Fsp3) is 0.250. The minimum Gasteiger partial charge on any atom is -0.484 e. The van der Waals surface area contributed by atoms with Crippen LogP contribution in [0.5, 0.6) is 5.75 Å². The number of halogens is 1. The Labute approximate surface area is 207 Å². The number of aromatic nitrogens is 2. The molecule has 2 heterocycles. The number of rotatable bonds is 6. The van der Waals surface area contributed by atoms with E-state index < -0.39 is 12.0 Å². The van der Waals surface area contributed by atoms with Gasteiger partial charge in [-0.15, -0.1) is 0 Å². The lowest BCUT2D eigenvalue weighted by Gasteiger charge is -2.25. The summed E-state index contributed by atoms with van der Waals surface area (Å²) in [6.07, 6.45) is -0.471. The van der Waals surface area contributed by atoms with Crippen LogP contribution >= 0.6 is 0 Å². The van der Waals surface area contributed by atoms with Gasteiger partial charge in [0.1, 0.15) is 17.7 Å². The number of nitrogens with one attached hydrogen (secondary N) is 2. The Morgan fingerprint density at radius 2 is 1.83 bits per heavy atom. The third-order valence-electron chi connectivity index (χ3n) is 6.57. The van der Waals surface area contributed by atoms with Gasteiger partial charge in [-0.25, -0.2) is 9.49 Å². The number of nitrogens with zero attached hydrogens (tertiary/aromatic N) is 2. The Morgan fingerprint density at radius 3 is 2.67 bits per heavy atom. The molecule has 1 amide bonds. The van der Waals surface area contributed by atoms with Crippen LogP contribution in [0.15, 0.2) is 77.6 Å². The van der Waals surface area contributed by atoms with Crippen molar-refractivity contribution in [2.75, 3.05) is 19.6 Å². The lowest BCUT2D eigenvalue weighted by Crippen LogP contribution is -2.38. The van der Waals surface area contributed by atoms with Crippen molar-refractivity contribution < 1.29 is 13.9 Å². The molecule has 36 heavy (non-hydrogen) atoms. The number of ether oxygens (including phenoxy) is 1. The molecule has 1 aliphatic heterocycles. The second-order valence-corrected chi connectivity index (χ2v) is 8.97. The average Bonchev–Trinajstić information content (AvgIpc) is 3.08. The van der Waals surface area contributed by atoms with Crippen molar-refractivity contribution in [3.8, 4) is 5.75 Å². The summed E-state index contributed by atoms with van der Waals surface area (Å²) in [6, 6.07) is 21.5. The lowest BCUT2D eigenvalue weighted by atomic mass is 10.0. The van der Waals surface area contributed by atoms with E-state index in [1.54, 1.807) is 43.3 Å². The molecule has 0 fully saturated rings. The quantitative estimate of drug-likeness (QED) is 0.432. The molecule has 1 aliphatic rings. The Hall–Kier alpha value is -4.04. The first-order valence-electron chi connectivity index (χ1n) is 12.0. The van der Waals surface area contributed by atoms with Gasteiger partial charge in [0.05, 0.1) is 17.0 Å². The number of hydrogen-bond acceptors (Lipinski definition) is 5. The predicted octanol–water partition coefficient (Wildman–Crippen LogP) is 3.92. The Bertz CT molecular complexity index is 1450. The van der Waals surface area contributed by atoms with Gasteiger partial charge in [-0.3, -0.25) is 14.5 Å². The molecule has 0 bridgehead atoms. The van der Waals surface area contributed by atoms with Crippen LogP contribution in [-0.4, -0.2) is 40.6 Å². The molecule has 0 radical (unpaired) electrons. The van der Waals surface area contributed by atoms with Crippen molar-refractivity contribution in [3.63, 3.8) is 0 Å². The van der Waals surface area contributed by atoms with E-state index in [1.807, 2.05) is 30.3 Å². The Kier molecular flexibility index (Phi) is 6.77. The molecule has 0 saturated carbocycles. The normalized spacial score (nSPS) is 16.6. The highest BCUT2D eigenvalue weighted by Crippen LogP contribution is 2.32. The number of carbonyl (C=O) groups excluding carboxylic acids is 1. The predicted molar refractivity (Wildman–Crippen MR) is 135 cm³/mol. The van der Waals surface area contributed by atoms with E-state index in [2.05, 4.69) is 20.4 Å². The first-order valence-corrected chi connectivity index (χ1v) is 12.0. The largest absolute Gasteiger partial charge is 0.484 e. The van der Waals surface area contributed by atoms with Crippen molar-refractivity contribution in [2.45, 2.75) is 25.5 Å². The first kappa shape index (κ1) is 23.7. The van der Waals surface area contributed by atoms with Crippen LogP contribution in [0.4, 0.5) is 4.39 Å². The SMILES string of the molecule is C[C@@H](C(=O)NCCN1Cc2ccccc2O[C@H](c2ccccc2F)C1)c1n[nH]c(=O)c2ccccc12. The Morgan fingerprint density at radius 1 is 1.11 bits per heavy atom. The van der Waals surface area contributed by atoms with E-state index in [4.69, 9.17) is 4.74 Å². The zero-order valence-electron chi connectivity index (χ0n) is 19.9. The van der Waals surface area contributed by atoms with Gasteiger partial charge in [0.2, 0.25) is 5.91 Å². The molecular weight excluding hydrogens is 459 g/mol. The molecule has 0 unspecified atom stereocenters. The second kappa shape index (κ2) is 10.3. The molecule has 3 aromatic carbocycles. The molecule has 0 aliphatic carbocycles. The van der Waals surface area contributed by atoms with Crippen molar-refractivity contribution >= 4 is 16.7 Å². The van der Waals surface area contributed by atoms with E-state index in [1.165, 1.54) is 6.07 Å². The third kappa shape index (κ3) is 4.85. The van der Waals surface area contributed by atoms with Crippen molar-refractivity contribution in [1.82, 2.24) is 20.4 Å².